The standard InChI is InChI=1S/C17H20N4O3S2/c1-10(2)4-6-19-17-20-13(9-26-17)16(23)24-11(3)14(22)21-15-12(8-18)5-7-25-15/h5,7,9-11H,4,6H2,1-3H3,(H,19,20)(H,21,22)/t11-/m0/s1. The lowest BCUT2D eigenvalue weighted by molar-refractivity contribution is -0.123. The van der Waals surface area contributed by atoms with Crippen molar-refractivity contribution in [3.8, 4) is 6.07 Å². The quantitative estimate of drug-likeness (QED) is 0.664. The first-order valence-corrected chi connectivity index (χ1v) is 9.85. The van der Waals surface area contributed by atoms with Crippen molar-refractivity contribution in [2.24, 2.45) is 5.92 Å². The fraction of sp³-hybridized carbons (Fsp3) is 0.412. The third kappa shape index (κ3) is 5.54. The number of esters is 1. The van der Waals surface area contributed by atoms with Gasteiger partial charge in [0.25, 0.3) is 5.91 Å². The van der Waals surface area contributed by atoms with Crippen LogP contribution in [0, 0.1) is 17.2 Å². The molecule has 0 aliphatic heterocycles. The number of thiazole rings is 1. The molecule has 0 aliphatic carbocycles. The summed E-state index contributed by atoms with van der Waals surface area (Å²) in [5, 5.41) is 19.1. The first-order valence-electron chi connectivity index (χ1n) is 8.09. The molecule has 1 amide bonds. The number of hydrogen-bond acceptors (Lipinski definition) is 8. The van der Waals surface area contributed by atoms with Gasteiger partial charge in [-0.2, -0.15) is 5.26 Å². The molecule has 0 saturated carbocycles. The van der Waals surface area contributed by atoms with E-state index in [4.69, 9.17) is 10.00 Å². The monoisotopic (exact) mass is 392 g/mol. The van der Waals surface area contributed by atoms with E-state index in [0.717, 1.165) is 13.0 Å². The van der Waals surface area contributed by atoms with E-state index in [-0.39, 0.29) is 5.69 Å². The molecule has 0 bridgehead atoms. The van der Waals surface area contributed by atoms with Gasteiger partial charge in [0.15, 0.2) is 16.9 Å². The van der Waals surface area contributed by atoms with Crippen molar-refractivity contribution in [1.29, 1.82) is 5.26 Å². The Bertz CT molecular complexity index is 807. The molecule has 2 aromatic heterocycles. The predicted octanol–water partition coefficient (Wildman–Crippen LogP) is 3.72. The van der Waals surface area contributed by atoms with Crippen LogP contribution in [0.2, 0.25) is 0 Å². The number of ether oxygens (including phenoxy) is 1. The van der Waals surface area contributed by atoms with E-state index in [1.165, 1.54) is 29.6 Å². The molecule has 0 radical (unpaired) electrons. The fourth-order valence-corrected chi connectivity index (χ4v) is 3.35. The number of nitrogens with one attached hydrogen (secondary N) is 2. The van der Waals surface area contributed by atoms with Crippen molar-refractivity contribution in [2.45, 2.75) is 33.3 Å². The maximum atomic E-state index is 12.1. The number of anilines is 2. The van der Waals surface area contributed by atoms with Gasteiger partial charge in [-0.3, -0.25) is 4.79 Å². The molecule has 0 unspecified atom stereocenters. The zero-order chi connectivity index (χ0) is 19.1. The number of carbonyl (C=O) groups excluding carboxylic acids is 2. The Labute approximate surface area is 160 Å². The molecule has 0 fully saturated rings. The third-order valence-corrected chi connectivity index (χ3v) is 5.02. The van der Waals surface area contributed by atoms with Crippen LogP contribution in [0.15, 0.2) is 16.8 Å². The van der Waals surface area contributed by atoms with E-state index in [2.05, 4.69) is 29.5 Å². The van der Waals surface area contributed by atoms with E-state index in [1.54, 1.807) is 16.8 Å². The van der Waals surface area contributed by atoms with E-state index in [9.17, 15) is 9.59 Å². The van der Waals surface area contributed by atoms with Gasteiger partial charge in [0, 0.05) is 11.9 Å². The van der Waals surface area contributed by atoms with Gasteiger partial charge >= 0.3 is 5.97 Å². The topological polar surface area (TPSA) is 104 Å². The fourth-order valence-electron chi connectivity index (χ4n) is 1.90. The van der Waals surface area contributed by atoms with Gasteiger partial charge in [0.05, 0.1) is 5.56 Å². The molecule has 7 nitrogen and oxygen atoms in total. The average molecular weight is 393 g/mol. The van der Waals surface area contributed by atoms with Crippen LogP contribution >= 0.6 is 22.7 Å². The molecule has 1 atom stereocenters. The van der Waals surface area contributed by atoms with Crippen molar-refractivity contribution < 1.29 is 14.3 Å². The summed E-state index contributed by atoms with van der Waals surface area (Å²) in [6, 6.07) is 3.60. The van der Waals surface area contributed by atoms with Crippen molar-refractivity contribution in [1.82, 2.24) is 4.98 Å². The predicted molar refractivity (Wildman–Crippen MR) is 103 cm³/mol. The van der Waals surface area contributed by atoms with Crippen molar-refractivity contribution >= 4 is 44.7 Å². The van der Waals surface area contributed by atoms with E-state index >= 15 is 0 Å². The molecular weight excluding hydrogens is 372 g/mol. The molecule has 0 aliphatic rings. The number of carbonyl (C=O) groups is 2. The smallest absolute Gasteiger partial charge is 0.358 e. The summed E-state index contributed by atoms with van der Waals surface area (Å²) in [7, 11) is 0. The molecule has 2 heterocycles. The van der Waals surface area contributed by atoms with Gasteiger partial charge in [-0.25, -0.2) is 9.78 Å². The molecule has 2 N–H and O–H groups in total. The van der Waals surface area contributed by atoms with Crippen LogP contribution in [0.5, 0.6) is 0 Å². The largest absolute Gasteiger partial charge is 0.448 e. The number of nitrogens with zero attached hydrogens (tertiary/aromatic N) is 2. The minimum Gasteiger partial charge on any atom is -0.448 e. The minimum absolute atomic E-state index is 0.163. The number of amides is 1. The SMILES string of the molecule is CC(C)CCNc1nc(C(=O)O[C@@H](C)C(=O)Nc2sccc2C#N)cs1. The van der Waals surface area contributed by atoms with E-state index < -0.39 is 18.0 Å². The van der Waals surface area contributed by atoms with Crippen LogP contribution in [0.3, 0.4) is 0 Å². The summed E-state index contributed by atoms with van der Waals surface area (Å²) in [6.07, 6.45) is -0.000512. The maximum Gasteiger partial charge on any atom is 0.358 e. The maximum absolute atomic E-state index is 12.1. The normalized spacial score (nSPS) is 11.7. The van der Waals surface area contributed by atoms with Crippen LogP contribution in [-0.4, -0.2) is 29.5 Å². The Morgan fingerprint density at radius 2 is 2.12 bits per heavy atom. The molecule has 26 heavy (non-hydrogen) atoms. The summed E-state index contributed by atoms with van der Waals surface area (Å²) < 4.78 is 5.16. The molecule has 9 heteroatoms. The van der Waals surface area contributed by atoms with Crippen molar-refractivity contribution in [2.75, 3.05) is 17.2 Å². The second-order valence-electron chi connectivity index (χ2n) is 5.96. The number of rotatable bonds is 8. The molecule has 2 aromatic rings. The lowest BCUT2D eigenvalue weighted by Gasteiger charge is -2.12. The highest BCUT2D eigenvalue weighted by Crippen LogP contribution is 2.22. The number of aromatic nitrogens is 1. The zero-order valence-corrected chi connectivity index (χ0v) is 16.4. The van der Waals surface area contributed by atoms with Gasteiger partial charge in [-0.05, 0) is 30.7 Å². The first-order chi connectivity index (χ1) is 12.4. The van der Waals surface area contributed by atoms with Crippen molar-refractivity contribution in [3.05, 3.63) is 28.1 Å². The van der Waals surface area contributed by atoms with Gasteiger partial charge in [0.1, 0.15) is 11.1 Å². The highest BCUT2D eigenvalue weighted by molar-refractivity contribution is 7.14. The summed E-state index contributed by atoms with van der Waals surface area (Å²) in [4.78, 5) is 28.5. The van der Waals surface area contributed by atoms with Gasteiger partial charge in [0.2, 0.25) is 0 Å². The highest BCUT2D eigenvalue weighted by atomic mass is 32.1. The number of hydrogen-bond donors (Lipinski definition) is 2. The van der Waals surface area contributed by atoms with Crippen LogP contribution in [0.4, 0.5) is 10.1 Å². The first kappa shape index (κ1) is 19.9. The van der Waals surface area contributed by atoms with Gasteiger partial charge in [-0.1, -0.05) is 13.8 Å². The second-order valence-corrected chi connectivity index (χ2v) is 7.73. The Hall–Kier alpha value is -2.44. The molecule has 2 rings (SSSR count). The molecular formula is C17H20N4O3S2. The molecule has 0 aromatic carbocycles. The van der Waals surface area contributed by atoms with Crippen LogP contribution < -0.4 is 10.6 Å². The van der Waals surface area contributed by atoms with E-state index in [1.807, 2.05) is 6.07 Å². The Balaban J connectivity index is 1.87. The summed E-state index contributed by atoms with van der Waals surface area (Å²) >= 11 is 2.55. The lowest BCUT2D eigenvalue weighted by Crippen LogP contribution is -2.30. The number of nitriles is 1. The summed E-state index contributed by atoms with van der Waals surface area (Å²) in [5.41, 5.74) is 0.536. The third-order valence-electron chi connectivity index (χ3n) is 3.39. The highest BCUT2D eigenvalue weighted by Gasteiger charge is 2.22. The minimum atomic E-state index is -1.00. The van der Waals surface area contributed by atoms with Crippen molar-refractivity contribution in [3.63, 3.8) is 0 Å². The number of thiophene rings is 1. The lowest BCUT2D eigenvalue weighted by atomic mass is 10.1. The average Bonchev–Trinajstić information content (AvgIpc) is 3.23. The summed E-state index contributed by atoms with van der Waals surface area (Å²) in [5.74, 6) is -0.577. The van der Waals surface area contributed by atoms with Gasteiger partial charge in [-0.15, -0.1) is 22.7 Å². The van der Waals surface area contributed by atoms with Crippen LogP contribution in [0.1, 0.15) is 43.2 Å². The molecule has 0 saturated heterocycles. The van der Waals surface area contributed by atoms with Crippen LogP contribution in [-0.2, 0) is 9.53 Å². The molecule has 0 spiro atoms. The second kappa shape index (κ2) is 9.31. The Kier molecular flexibility index (Phi) is 7.12. The van der Waals surface area contributed by atoms with Gasteiger partial charge < -0.3 is 15.4 Å². The Morgan fingerprint density at radius 1 is 1.35 bits per heavy atom. The molecule has 138 valence electrons. The van der Waals surface area contributed by atoms with Crippen LogP contribution in [0.25, 0.3) is 0 Å². The Morgan fingerprint density at radius 3 is 2.81 bits per heavy atom. The summed E-state index contributed by atoms with van der Waals surface area (Å²) in [6.45, 7) is 6.52. The zero-order valence-electron chi connectivity index (χ0n) is 14.7. The van der Waals surface area contributed by atoms with E-state index in [0.29, 0.717) is 21.6 Å².